The number of hydrogen-bond acceptors (Lipinski definition) is 3. The first kappa shape index (κ1) is 17.5. The third-order valence-electron chi connectivity index (χ3n) is 3.79. The minimum Gasteiger partial charge on any atom is -0.496 e. The van der Waals surface area contributed by atoms with Gasteiger partial charge in [0.1, 0.15) is 5.75 Å². The van der Waals surface area contributed by atoms with E-state index in [0.29, 0.717) is 11.3 Å². The van der Waals surface area contributed by atoms with Crippen molar-refractivity contribution < 1.29 is 19.4 Å². The van der Waals surface area contributed by atoms with Crippen molar-refractivity contribution in [2.75, 3.05) is 13.7 Å². The monoisotopic (exact) mass is 327 g/mol. The van der Waals surface area contributed by atoms with Crippen LogP contribution in [0.5, 0.6) is 5.75 Å². The second-order valence-corrected chi connectivity index (χ2v) is 5.60. The third kappa shape index (κ3) is 4.59. The van der Waals surface area contributed by atoms with E-state index in [1.807, 2.05) is 31.2 Å². The zero-order chi connectivity index (χ0) is 17.5. The summed E-state index contributed by atoms with van der Waals surface area (Å²) in [6.07, 6.45) is 0.145. The van der Waals surface area contributed by atoms with Gasteiger partial charge in [-0.05, 0) is 18.6 Å². The molecule has 1 atom stereocenters. The lowest BCUT2D eigenvalue weighted by Gasteiger charge is -2.14. The minimum absolute atomic E-state index is 0.0479. The largest absolute Gasteiger partial charge is 0.496 e. The molecule has 0 radical (unpaired) electrons. The Labute approximate surface area is 141 Å². The smallest absolute Gasteiger partial charge is 0.312 e. The Morgan fingerprint density at radius 3 is 2.50 bits per heavy atom. The predicted molar refractivity (Wildman–Crippen MR) is 91.3 cm³/mol. The molecular weight excluding hydrogens is 306 g/mol. The average Bonchev–Trinajstić information content (AvgIpc) is 2.56. The Morgan fingerprint density at radius 1 is 1.17 bits per heavy atom. The van der Waals surface area contributed by atoms with Gasteiger partial charge in [-0.1, -0.05) is 48.0 Å². The van der Waals surface area contributed by atoms with E-state index in [2.05, 4.69) is 5.32 Å². The number of hydrogen-bond donors (Lipinski definition) is 2. The molecule has 2 N–H and O–H groups in total. The van der Waals surface area contributed by atoms with E-state index < -0.39 is 11.9 Å². The molecule has 0 aliphatic carbocycles. The van der Waals surface area contributed by atoms with Gasteiger partial charge >= 0.3 is 5.97 Å². The van der Waals surface area contributed by atoms with E-state index in [-0.39, 0.29) is 18.9 Å². The van der Waals surface area contributed by atoms with Gasteiger partial charge in [0.05, 0.1) is 19.4 Å². The zero-order valence-corrected chi connectivity index (χ0v) is 13.8. The molecule has 24 heavy (non-hydrogen) atoms. The number of aryl methyl sites for hydroxylation is 1. The van der Waals surface area contributed by atoms with Crippen molar-refractivity contribution >= 4 is 11.9 Å². The molecule has 0 saturated heterocycles. The minimum atomic E-state index is -0.963. The van der Waals surface area contributed by atoms with Crippen molar-refractivity contribution in [3.8, 4) is 5.75 Å². The summed E-state index contributed by atoms with van der Waals surface area (Å²) in [4.78, 5) is 23.6. The molecule has 5 heteroatoms. The summed E-state index contributed by atoms with van der Waals surface area (Å²) in [6, 6.07) is 14.5. The van der Waals surface area contributed by atoms with Crippen LogP contribution in [-0.2, 0) is 16.0 Å². The topological polar surface area (TPSA) is 75.6 Å². The van der Waals surface area contributed by atoms with E-state index in [0.717, 1.165) is 11.1 Å². The molecule has 0 heterocycles. The Morgan fingerprint density at radius 2 is 1.88 bits per heavy atom. The molecule has 2 aromatic carbocycles. The molecule has 1 amide bonds. The first-order chi connectivity index (χ1) is 11.5. The number of rotatable bonds is 7. The molecule has 0 aromatic heterocycles. The molecule has 2 aromatic rings. The maximum Gasteiger partial charge on any atom is 0.312 e. The van der Waals surface area contributed by atoms with Crippen LogP contribution in [0.2, 0.25) is 0 Å². The summed E-state index contributed by atoms with van der Waals surface area (Å²) >= 11 is 0. The first-order valence-electron chi connectivity index (χ1n) is 7.69. The van der Waals surface area contributed by atoms with Gasteiger partial charge in [0.2, 0.25) is 5.91 Å². The van der Waals surface area contributed by atoms with E-state index in [9.17, 15) is 14.7 Å². The summed E-state index contributed by atoms with van der Waals surface area (Å²) in [5.41, 5.74) is 2.48. The van der Waals surface area contributed by atoms with Gasteiger partial charge in [-0.2, -0.15) is 0 Å². The molecule has 5 nitrogen and oxygen atoms in total. The summed E-state index contributed by atoms with van der Waals surface area (Å²) in [7, 11) is 1.56. The van der Waals surface area contributed by atoms with Crippen molar-refractivity contribution in [1.82, 2.24) is 5.32 Å². The number of ether oxygens (including phenoxy) is 1. The fourth-order valence-corrected chi connectivity index (χ4v) is 2.53. The normalized spacial score (nSPS) is 11.6. The highest BCUT2D eigenvalue weighted by molar-refractivity contribution is 5.81. The van der Waals surface area contributed by atoms with Gasteiger partial charge in [0.25, 0.3) is 0 Å². The maximum absolute atomic E-state index is 12.2. The van der Waals surface area contributed by atoms with Crippen LogP contribution in [0.4, 0.5) is 0 Å². The standard InChI is InChI=1S/C19H21NO4/c1-13-8-9-17(24-2)15(10-13)11-18(21)20-12-16(19(22)23)14-6-4-3-5-7-14/h3-10,16H,11-12H2,1-2H3,(H,20,21)(H,22,23). The highest BCUT2D eigenvalue weighted by atomic mass is 16.5. The maximum atomic E-state index is 12.2. The fraction of sp³-hybridized carbons (Fsp3) is 0.263. The number of amides is 1. The predicted octanol–water partition coefficient (Wildman–Crippen LogP) is 2.53. The summed E-state index contributed by atoms with van der Waals surface area (Å²) < 4.78 is 5.26. The first-order valence-corrected chi connectivity index (χ1v) is 7.69. The summed E-state index contributed by atoms with van der Waals surface area (Å²) in [5.74, 6) is -1.32. The lowest BCUT2D eigenvalue weighted by atomic mass is 9.99. The number of methoxy groups -OCH3 is 1. The Bertz CT molecular complexity index is 713. The number of carboxylic acid groups (broad SMARTS) is 1. The van der Waals surface area contributed by atoms with Crippen LogP contribution in [0, 0.1) is 6.92 Å². The molecule has 2 rings (SSSR count). The molecule has 0 saturated carbocycles. The van der Waals surface area contributed by atoms with Gasteiger partial charge in [0.15, 0.2) is 0 Å². The number of carbonyl (C=O) groups excluding carboxylic acids is 1. The number of aliphatic carboxylic acids is 1. The van der Waals surface area contributed by atoms with Crippen LogP contribution in [0.1, 0.15) is 22.6 Å². The number of benzene rings is 2. The number of carbonyl (C=O) groups is 2. The Balaban J connectivity index is 2.02. The quantitative estimate of drug-likeness (QED) is 0.819. The van der Waals surface area contributed by atoms with Gasteiger partial charge < -0.3 is 15.2 Å². The van der Waals surface area contributed by atoms with Crippen molar-refractivity contribution in [2.24, 2.45) is 0 Å². The van der Waals surface area contributed by atoms with Crippen molar-refractivity contribution in [3.05, 3.63) is 65.2 Å². The van der Waals surface area contributed by atoms with Crippen LogP contribution in [-0.4, -0.2) is 30.6 Å². The highest BCUT2D eigenvalue weighted by Gasteiger charge is 2.20. The molecule has 0 aliphatic rings. The molecule has 0 bridgehead atoms. The second kappa shape index (κ2) is 8.15. The van der Waals surface area contributed by atoms with Crippen molar-refractivity contribution in [2.45, 2.75) is 19.3 Å². The van der Waals surface area contributed by atoms with Crippen LogP contribution >= 0.6 is 0 Å². The SMILES string of the molecule is COc1ccc(C)cc1CC(=O)NCC(C(=O)O)c1ccccc1. The van der Waals surface area contributed by atoms with Crippen molar-refractivity contribution in [3.63, 3.8) is 0 Å². The highest BCUT2D eigenvalue weighted by Crippen LogP contribution is 2.20. The van der Waals surface area contributed by atoms with E-state index in [1.165, 1.54) is 0 Å². The van der Waals surface area contributed by atoms with E-state index in [1.54, 1.807) is 31.4 Å². The van der Waals surface area contributed by atoms with Crippen LogP contribution in [0.25, 0.3) is 0 Å². The zero-order valence-electron chi connectivity index (χ0n) is 13.8. The van der Waals surface area contributed by atoms with Crippen LogP contribution < -0.4 is 10.1 Å². The summed E-state index contributed by atoms with van der Waals surface area (Å²) in [6.45, 7) is 1.99. The van der Waals surface area contributed by atoms with Crippen LogP contribution in [0.3, 0.4) is 0 Å². The van der Waals surface area contributed by atoms with Gasteiger partial charge in [0, 0.05) is 12.1 Å². The van der Waals surface area contributed by atoms with Crippen LogP contribution in [0.15, 0.2) is 48.5 Å². The van der Waals surface area contributed by atoms with E-state index >= 15 is 0 Å². The number of nitrogens with one attached hydrogen (secondary N) is 1. The lowest BCUT2D eigenvalue weighted by molar-refractivity contribution is -0.138. The van der Waals surface area contributed by atoms with Gasteiger partial charge in [-0.25, -0.2) is 0 Å². The Hall–Kier alpha value is -2.82. The second-order valence-electron chi connectivity index (χ2n) is 5.60. The molecule has 126 valence electrons. The lowest BCUT2D eigenvalue weighted by Crippen LogP contribution is -2.32. The average molecular weight is 327 g/mol. The third-order valence-corrected chi connectivity index (χ3v) is 3.79. The molecular formula is C19H21NO4. The molecule has 0 fully saturated rings. The molecule has 0 spiro atoms. The summed E-state index contributed by atoms with van der Waals surface area (Å²) in [5, 5.41) is 12.1. The molecule has 1 unspecified atom stereocenters. The molecule has 0 aliphatic heterocycles. The van der Waals surface area contributed by atoms with Gasteiger partial charge in [-0.15, -0.1) is 0 Å². The fourth-order valence-electron chi connectivity index (χ4n) is 2.53. The van der Waals surface area contributed by atoms with Gasteiger partial charge in [-0.3, -0.25) is 9.59 Å². The van der Waals surface area contributed by atoms with E-state index in [4.69, 9.17) is 4.74 Å². The Kier molecular flexibility index (Phi) is 5.95. The van der Waals surface area contributed by atoms with Crippen molar-refractivity contribution in [1.29, 1.82) is 0 Å². The number of carboxylic acids is 1.